The maximum atomic E-state index is 13.8. The molecular weight excluding hydrogens is 614 g/mol. The van der Waals surface area contributed by atoms with Gasteiger partial charge in [-0.25, -0.2) is 4.79 Å². The molecule has 0 unspecified atom stereocenters. The van der Waals surface area contributed by atoms with Crippen molar-refractivity contribution in [2.24, 2.45) is 0 Å². The number of hydrogen-bond acceptors (Lipinski definition) is 8. The highest BCUT2D eigenvalue weighted by atomic mass is 16.5. The SMILES string of the molecule is COc1ccc2cc1-c1cccc(c1)OCC(=O)NCc1ccc(cc1)O[C@@H]1CCN(C(=O)Cn3c(C)cc(C)nc3=O)C[C@H]1NC2=O. The average Bonchev–Trinajstić information content (AvgIpc) is 3.08. The summed E-state index contributed by atoms with van der Waals surface area (Å²) in [5, 5.41) is 5.99. The minimum atomic E-state index is -0.573. The Morgan fingerprint density at radius 2 is 1.79 bits per heavy atom. The number of benzene rings is 3. The summed E-state index contributed by atoms with van der Waals surface area (Å²) in [7, 11) is 1.55. The number of methoxy groups -OCH3 is 1. The molecule has 0 radical (unpaired) electrons. The lowest BCUT2D eigenvalue weighted by Gasteiger charge is -2.39. The number of nitrogens with zero attached hydrogens (tertiary/aromatic N) is 3. The van der Waals surface area contributed by atoms with Crippen LogP contribution in [0.25, 0.3) is 11.1 Å². The van der Waals surface area contributed by atoms with Gasteiger partial charge in [0.15, 0.2) is 6.61 Å². The lowest BCUT2D eigenvalue weighted by molar-refractivity contribution is -0.134. The fraction of sp³-hybridized carbons (Fsp3) is 0.306. The first-order chi connectivity index (χ1) is 23.2. The van der Waals surface area contributed by atoms with Crippen molar-refractivity contribution in [2.75, 3.05) is 26.8 Å². The average molecular weight is 652 g/mol. The summed E-state index contributed by atoms with van der Waals surface area (Å²) in [6.07, 6.45) is -0.0129. The summed E-state index contributed by atoms with van der Waals surface area (Å²) in [6.45, 7) is 4.04. The molecule has 2 N–H and O–H groups in total. The Hall–Kier alpha value is -5.65. The van der Waals surface area contributed by atoms with Gasteiger partial charge in [-0.2, -0.15) is 4.98 Å². The maximum absolute atomic E-state index is 13.8. The smallest absolute Gasteiger partial charge is 0.348 e. The minimum Gasteiger partial charge on any atom is -0.496 e. The number of amides is 3. The van der Waals surface area contributed by atoms with Crippen molar-refractivity contribution < 1.29 is 28.6 Å². The quantitative estimate of drug-likeness (QED) is 0.345. The van der Waals surface area contributed by atoms with Crippen molar-refractivity contribution in [1.82, 2.24) is 25.1 Å². The summed E-state index contributed by atoms with van der Waals surface area (Å²) >= 11 is 0. The Kier molecular flexibility index (Phi) is 9.42. The topological polar surface area (TPSA) is 141 Å². The van der Waals surface area contributed by atoms with Gasteiger partial charge in [0.2, 0.25) is 5.91 Å². The van der Waals surface area contributed by atoms with E-state index in [2.05, 4.69) is 15.6 Å². The van der Waals surface area contributed by atoms with Gasteiger partial charge in [-0.1, -0.05) is 24.3 Å². The molecule has 2 atom stereocenters. The van der Waals surface area contributed by atoms with E-state index in [1.165, 1.54) is 4.57 Å². The zero-order valence-electron chi connectivity index (χ0n) is 27.0. The highest BCUT2D eigenvalue weighted by Crippen LogP contribution is 2.33. The number of aromatic nitrogens is 2. The van der Waals surface area contributed by atoms with E-state index in [0.717, 1.165) is 11.1 Å². The molecule has 0 aliphatic carbocycles. The molecular formula is C36H37N5O7. The third-order valence-electron chi connectivity index (χ3n) is 8.54. The number of carbonyl (C=O) groups is 3. The first-order valence-electron chi connectivity index (χ1n) is 15.7. The third-order valence-corrected chi connectivity index (χ3v) is 8.54. The molecule has 0 saturated carbocycles. The van der Waals surface area contributed by atoms with Crippen molar-refractivity contribution in [3.05, 3.63) is 106 Å². The van der Waals surface area contributed by atoms with Gasteiger partial charge in [0, 0.05) is 48.6 Å². The van der Waals surface area contributed by atoms with Crippen LogP contribution < -0.4 is 30.5 Å². The fourth-order valence-corrected chi connectivity index (χ4v) is 5.98. The zero-order valence-corrected chi connectivity index (χ0v) is 27.0. The highest BCUT2D eigenvalue weighted by Gasteiger charge is 2.35. The second-order valence-corrected chi connectivity index (χ2v) is 11.9. The van der Waals surface area contributed by atoms with Gasteiger partial charge in [-0.3, -0.25) is 19.0 Å². The van der Waals surface area contributed by atoms with E-state index in [4.69, 9.17) is 14.2 Å². The van der Waals surface area contributed by atoms with Crippen LogP contribution in [0, 0.1) is 13.8 Å². The number of hydrogen-bond donors (Lipinski definition) is 2. The number of aryl methyl sites for hydroxylation is 2. The molecule has 48 heavy (non-hydrogen) atoms. The van der Waals surface area contributed by atoms with E-state index in [1.54, 1.807) is 68.3 Å². The molecule has 1 saturated heterocycles. The predicted molar refractivity (Wildman–Crippen MR) is 177 cm³/mol. The lowest BCUT2D eigenvalue weighted by atomic mass is 9.99. The number of ether oxygens (including phenoxy) is 3. The van der Waals surface area contributed by atoms with Crippen LogP contribution in [0.15, 0.2) is 77.6 Å². The highest BCUT2D eigenvalue weighted by molar-refractivity contribution is 5.96. The number of nitrogens with one attached hydrogen (secondary N) is 2. The first-order valence-corrected chi connectivity index (χ1v) is 15.7. The molecule has 12 heteroatoms. The molecule has 7 rings (SSSR count). The molecule has 4 aromatic rings. The molecule has 3 aliphatic heterocycles. The molecule has 3 amide bonds. The summed E-state index contributed by atoms with van der Waals surface area (Å²) < 4.78 is 19.1. The van der Waals surface area contributed by atoms with Gasteiger partial charge >= 0.3 is 5.69 Å². The lowest BCUT2D eigenvalue weighted by Crippen LogP contribution is -2.58. The Labute approximate surface area is 277 Å². The summed E-state index contributed by atoms with van der Waals surface area (Å²) in [4.78, 5) is 58.1. The van der Waals surface area contributed by atoms with Crippen LogP contribution in [0.2, 0.25) is 0 Å². The second kappa shape index (κ2) is 14.0. The van der Waals surface area contributed by atoms with Crippen molar-refractivity contribution in [1.29, 1.82) is 0 Å². The number of fused-ring (bicyclic) bond motifs is 7. The van der Waals surface area contributed by atoms with Crippen molar-refractivity contribution in [2.45, 2.75) is 45.5 Å². The van der Waals surface area contributed by atoms with Crippen LogP contribution in [0.4, 0.5) is 0 Å². The predicted octanol–water partition coefficient (Wildman–Crippen LogP) is 3.02. The van der Waals surface area contributed by atoms with E-state index in [9.17, 15) is 19.2 Å². The molecule has 1 fully saturated rings. The van der Waals surface area contributed by atoms with Gasteiger partial charge in [0.1, 0.15) is 29.9 Å². The van der Waals surface area contributed by atoms with Gasteiger partial charge in [0.05, 0.1) is 13.2 Å². The number of rotatable bonds is 3. The summed E-state index contributed by atoms with van der Waals surface area (Å²) in [6, 6.07) is 20.9. The normalized spacial score (nSPS) is 18.0. The van der Waals surface area contributed by atoms with Crippen LogP contribution >= 0.6 is 0 Å². The van der Waals surface area contributed by atoms with Crippen LogP contribution in [-0.2, 0) is 22.7 Å². The van der Waals surface area contributed by atoms with E-state index in [1.807, 2.05) is 30.3 Å². The van der Waals surface area contributed by atoms with Gasteiger partial charge in [-0.15, -0.1) is 0 Å². The fourth-order valence-electron chi connectivity index (χ4n) is 5.98. The van der Waals surface area contributed by atoms with Crippen molar-refractivity contribution >= 4 is 17.7 Å². The van der Waals surface area contributed by atoms with Crippen LogP contribution in [0.5, 0.6) is 17.2 Å². The Morgan fingerprint density at radius 1 is 0.979 bits per heavy atom. The largest absolute Gasteiger partial charge is 0.496 e. The van der Waals surface area contributed by atoms with E-state index in [-0.39, 0.29) is 37.4 Å². The van der Waals surface area contributed by atoms with Crippen LogP contribution in [0.3, 0.4) is 0 Å². The molecule has 12 nitrogen and oxygen atoms in total. The zero-order chi connectivity index (χ0) is 33.8. The Morgan fingerprint density at radius 3 is 2.56 bits per heavy atom. The Balaban J connectivity index is 1.31. The summed E-state index contributed by atoms with van der Waals surface area (Å²) in [5.41, 5.74) is 3.40. The first kappa shape index (κ1) is 32.3. The van der Waals surface area contributed by atoms with Crippen molar-refractivity contribution in [3.8, 4) is 28.4 Å². The van der Waals surface area contributed by atoms with Gasteiger partial charge in [0.25, 0.3) is 11.8 Å². The standard InChI is InChI=1S/C36H37N5O7/c1-22-15-23(2)41(36(45)38-22)20-34(43)40-14-13-32-30(19-40)39-35(44)26-9-12-31(46-3)29(17-26)25-5-4-6-28(16-25)47-21-33(42)37-18-24-7-10-27(48-32)11-8-24/h4-12,15-17,30,32H,13-14,18-21H2,1-3H3,(H,37,42)(H,39,44)/t30-,32-/m1/s1. The molecule has 0 spiro atoms. The Bertz CT molecular complexity index is 1910. The number of likely N-dealkylation sites (tertiary alicyclic amines) is 1. The van der Waals surface area contributed by atoms with Crippen LogP contribution in [-0.4, -0.2) is 71.1 Å². The molecule has 1 aromatic heterocycles. The minimum absolute atomic E-state index is 0.160. The van der Waals surface area contributed by atoms with Crippen molar-refractivity contribution in [3.63, 3.8) is 0 Å². The van der Waals surface area contributed by atoms with Gasteiger partial charge < -0.3 is 29.7 Å². The molecule has 6 bridgehead atoms. The maximum Gasteiger partial charge on any atom is 0.348 e. The third kappa shape index (κ3) is 7.33. The molecule has 3 aromatic carbocycles. The van der Waals surface area contributed by atoms with Crippen LogP contribution in [0.1, 0.15) is 33.7 Å². The van der Waals surface area contributed by atoms with E-state index in [0.29, 0.717) is 59.3 Å². The monoisotopic (exact) mass is 651 g/mol. The molecule has 4 heterocycles. The molecule has 248 valence electrons. The molecule has 3 aliphatic rings. The van der Waals surface area contributed by atoms with E-state index < -0.39 is 17.8 Å². The second-order valence-electron chi connectivity index (χ2n) is 11.9. The van der Waals surface area contributed by atoms with E-state index >= 15 is 0 Å². The number of piperidine rings is 1. The van der Waals surface area contributed by atoms with Gasteiger partial charge in [-0.05, 0) is 73.5 Å². The summed E-state index contributed by atoms with van der Waals surface area (Å²) in [5.74, 6) is 0.752. The number of carbonyl (C=O) groups excluding carboxylic acids is 3.